The largest absolute Gasteiger partial charge is 0.450 e. The molecule has 2 fully saturated rings. The molecule has 2 aliphatic rings. The van der Waals surface area contributed by atoms with Crippen molar-refractivity contribution in [3.63, 3.8) is 0 Å². The Morgan fingerprint density at radius 1 is 1.15 bits per heavy atom. The lowest BCUT2D eigenvalue weighted by Crippen LogP contribution is -2.49. The summed E-state index contributed by atoms with van der Waals surface area (Å²) >= 11 is 0. The van der Waals surface area contributed by atoms with Gasteiger partial charge in [0.05, 0.1) is 19.8 Å². The SMILES string of the molecule is CCNC(=NCCCCN1CCOCC1)NC1CCN(C(=O)OCC)CC1. The van der Waals surface area contributed by atoms with Gasteiger partial charge in [-0.15, -0.1) is 0 Å². The minimum atomic E-state index is -0.197. The number of hydrogen-bond donors (Lipinski definition) is 2. The summed E-state index contributed by atoms with van der Waals surface area (Å²) in [6.07, 6.45) is 3.90. The highest BCUT2D eigenvalue weighted by molar-refractivity contribution is 5.80. The van der Waals surface area contributed by atoms with Gasteiger partial charge in [0.2, 0.25) is 0 Å². The summed E-state index contributed by atoms with van der Waals surface area (Å²) in [5.74, 6) is 0.887. The van der Waals surface area contributed by atoms with E-state index in [1.54, 1.807) is 4.90 Å². The van der Waals surface area contributed by atoms with Gasteiger partial charge in [-0.3, -0.25) is 9.89 Å². The Hall–Kier alpha value is -1.54. The van der Waals surface area contributed by atoms with Crippen molar-refractivity contribution in [1.29, 1.82) is 0 Å². The molecule has 0 aliphatic carbocycles. The van der Waals surface area contributed by atoms with E-state index in [0.29, 0.717) is 12.6 Å². The highest BCUT2D eigenvalue weighted by Gasteiger charge is 2.24. The molecule has 0 spiro atoms. The number of nitrogens with one attached hydrogen (secondary N) is 2. The van der Waals surface area contributed by atoms with Crippen LogP contribution in [0, 0.1) is 0 Å². The molecule has 2 heterocycles. The smallest absolute Gasteiger partial charge is 0.409 e. The second-order valence-corrected chi connectivity index (χ2v) is 7.03. The summed E-state index contributed by atoms with van der Waals surface area (Å²) in [6.45, 7) is 12.5. The molecule has 0 unspecified atom stereocenters. The molecule has 2 rings (SSSR count). The molecule has 0 bridgehead atoms. The maximum atomic E-state index is 11.8. The van der Waals surface area contributed by atoms with Crippen LogP contribution in [0.1, 0.15) is 39.5 Å². The summed E-state index contributed by atoms with van der Waals surface area (Å²) in [5, 5.41) is 6.85. The number of guanidine groups is 1. The fourth-order valence-corrected chi connectivity index (χ4v) is 3.40. The average molecular weight is 384 g/mol. The predicted molar refractivity (Wildman–Crippen MR) is 107 cm³/mol. The Balaban J connectivity index is 1.65. The molecule has 0 aromatic heterocycles. The number of ether oxygens (including phenoxy) is 2. The molecule has 156 valence electrons. The van der Waals surface area contributed by atoms with Crippen molar-refractivity contribution in [2.75, 3.05) is 65.6 Å². The van der Waals surface area contributed by atoms with Crippen molar-refractivity contribution in [1.82, 2.24) is 20.4 Å². The van der Waals surface area contributed by atoms with E-state index in [4.69, 9.17) is 14.5 Å². The Bertz CT molecular complexity index is 447. The fraction of sp³-hybridized carbons (Fsp3) is 0.895. The van der Waals surface area contributed by atoms with Gasteiger partial charge in [-0.05, 0) is 46.1 Å². The molecule has 2 N–H and O–H groups in total. The van der Waals surface area contributed by atoms with Gasteiger partial charge in [0.15, 0.2) is 5.96 Å². The molecular weight excluding hydrogens is 346 g/mol. The zero-order valence-corrected chi connectivity index (χ0v) is 17.0. The number of carbonyl (C=O) groups is 1. The van der Waals surface area contributed by atoms with Gasteiger partial charge in [0, 0.05) is 45.3 Å². The molecule has 0 atom stereocenters. The molecule has 0 aromatic rings. The molecule has 8 nitrogen and oxygen atoms in total. The van der Waals surface area contributed by atoms with Gasteiger partial charge in [-0.2, -0.15) is 0 Å². The summed E-state index contributed by atoms with van der Waals surface area (Å²) in [4.78, 5) is 20.8. The summed E-state index contributed by atoms with van der Waals surface area (Å²) < 4.78 is 10.5. The van der Waals surface area contributed by atoms with Gasteiger partial charge < -0.3 is 25.0 Å². The Morgan fingerprint density at radius 3 is 2.56 bits per heavy atom. The van der Waals surface area contributed by atoms with Gasteiger partial charge in [-0.25, -0.2) is 4.79 Å². The zero-order valence-electron chi connectivity index (χ0n) is 17.0. The maximum Gasteiger partial charge on any atom is 0.409 e. The quantitative estimate of drug-likeness (QED) is 0.373. The third-order valence-corrected chi connectivity index (χ3v) is 4.96. The lowest BCUT2D eigenvalue weighted by molar-refractivity contribution is 0.0373. The predicted octanol–water partition coefficient (Wildman–Crippen LogP) is 1.27. The third-order valence-electron chi connectivity index (χ3n) is 4.96. The van der Waals surface area contributed by atoms with Crippen LogP contribution >= 0.6 is 0 Å². The van der Waals surface area contributed by atoms with Crippen molar-refractivity contribution >= 4 is 12.1 Å². The lowest BCUT2D eigenvalue weighted by atomic mass is 10.1. The maximum absolute atomic E-state index is 11.8. The number of piperidine rings is 1. The molecule has 8 heteroatoms. The third kappa shape index (κ3) is 8.34. The highest BCUT2D eigenvalue weighted by Crippen LogP contribution is 2.11. The molecular formula is C19H37N5O3. The minimum Gasteiger partial charge on any atom is -0.450 e. The fourth-order valence-electron chi connectivity index (χ4n) is 3.40. The minimum absolute atomic E-state index is 0.197. The first kappa shape index (κ1) is 21.8. The van der Waals surface area contributed by atoms with E-state index in [1.165, 1.54) is 6.42 Å². The lowest BCUT2D eigenvalue weighted by Gasteiger charge is -2.32. The number of nitrogens with zero attached hydrogens (tertiary/aromatic N) is 3. The zero-order chi connectivity index (χ0) is 19.3. The summed E-state index contributed by atoms with van der Waals surface area (Å²) in [6, 6.07) is 0.349. The van der Waals surface area contributed by atoms with E-state index in [-0.39, 0.29) is 6.09 Å². The highest BCUT2D eigenvalue weighted by atomic mass is 16.6. The van der Waals surface area contributed by atoms with E-state index in [1.807, 2.05) is 6.92 Å². The van der Waals surface area contributed by atoms with Crippen LogP contribution in [0.3, 0.4) is 0 Å². The number of unbranched alkanes of at least 4 members (excludes halogenated alkanes) is 1. The number of carbonyl (C=O) groups excluding carboxylic acids is 1. The van der Waals surface area contributed by atoms with E-state index in [9.17, 15) is 4.79 Å². The van der Waals surface area contributed by atoms with Crippen LogP contribution in [0.2, 0.25) is 0 Å². The van der Waals surface area contributed by atoms with E-state index < -0.39 is 0 Å². The van der Waals surface area contributed by atoms with Gasteiger partial charge in [0.25, 0.3) is 0 Å². The second-order valence-electron chi connectivity index (χ2n) is 7.03. The van der Waals surface area contributed by atoms with E-state index in [2.05, 4.69) is 22.5 Å². The van der Waals surface area contributed by atoms with Crippen molar-refractivity contribution in [3.05, 3.63) is 0 Å². The number of amides is 1. The standard InChI is InChI=1S/C19H37N5O3/c1-3-20-18(21-9-5-6-10-23-13-15-26-16-14-23)22-17-7-11-24(12-8-17)19(25)27-4-2/h17H,3-16H2,1-2H3,(H2,20,21,22). The molecule has 0 aromatic carbocycles. The normalized spacial score (nSPS) is 19.8. The number of hydrogen-bond acceptors (Lipinski definition) is 5. The van der Waals surface area contributed by atoms with Crippen LogP contribution in [0.5, 0.6) is 0 Å². The van der Waals surface area contributed by atoms with Crippen molar-refractivity contribution in [3.8, 4) is 0 Å². The van der Waals surface area contributed by atoms with Crippen LogP contribution in [0.4, 0.5) is 4.79 Å². The summed E-state index contributed by atoms with van der Waals surface area (Å²) in [7, 11) is 0. The first-order chi connectivity index (χ1) is 13.2. The first-order valence-corrected chi connectivity index (χ1v) is 10.5. The molecule has 2 aliphatic heterocycles. The van der Waals surface area contributed by atoms with Crippen LogP contribution in [-0.2, 0) is 9.47 Å². The topological polar surface area (TPSA) is 78.4 Å². The number of likely N-dealkylation sites (tertiary alicyclic amines) is 1. The average Bonchev–Trinajstić information content (AvgIpc) is 2.69. The molecule has 27 heavy (non-hydrogen) atoms. The number of morpholine rings is 1. The van der Waals surface area contributed by atoms with Gasteiger partial charge >= 0.3 is 6.09 Å². The van der Waals surface area contributed by atoms with Gasteiger partial charge in [-0.1, -0.05) is 0 Å². The van der Waals surface area contributed by atoms with E-state index in [0.717, 1.165) is 84.2 Å². The monoisotopic (exact) mass is 383 g/mol. The second kappa shape index (κ2) is 12.8. The Kier molecular flexibility index (Phi) is 10.3. The van der Waals surface area contributed by atoms with Crippen molar-refractivity contribution in [2.24, 2.45) is 4.99 Å². The van der Waals surface area contributed by atoms with Crippen LogP contribution in [-0.4, -0.2) is 93.5 Å². The van der Waals surface area contributed by atoms with Crippen LogP contribution in [0.15, 0.2) is 4.99 Å². The van der Waals surface area contributed by atoms with Crippen LogP contribution < -0.4 is 10.6 Å². The number of rotatable bonds is 8. The summed E-state index contributed by atoms with van der Waals surface area (Å²) in [5.41, 5.74) is 0. The van der Waals surface area contributed by atoms with Crippen molar-refractivity contribution < 1.29 is 14.3 Å². The molecule has 1 amide bonds. The van der Waals surface area contributed by atoms with Crippen LogP contribution in [0.25, 0.3) is 0 Å². The molecule has 2 saturated heterocycles. The Morgan fingerprint density at radius 2 is 1.89 bits per heavy atom. The molecule has 0 radical (unpaired) electrons. The first-order valence-electron chi connectivity index (χ1n) is 10.5. The molecule has 0 saturated carbocycles. The number of aliphatic imine (C=N–C) groups is 1. The van der Waals surface area contributed by atoms with E-state index >= 15 is 0 Å². The van der Waals surface area contributed by atoms with Crippen molar-refractivity contribution in [2.45, 2.75) is 45.6 Å². The van der Waals surface area contributed by atoms with Gasteiger partial charge in [0.1, 0.15) is 0 Å². The Labute approximate surface area is 163 Å².